The number of nitrogens with zero attached hydrogens (tertiary/aromatic N) is 2. The van der Waals surface area contributed by atoms with E-state index in [2.05, 4.69) is 18.9 Å². The van der Waals surface area contributed by atoms with Gasteiger partial charge in [-0.3, -0.25) is 14.3 Å². The third-order valence-electron chi connectivity index (χ3n) is 5.03. The number of hydrogen-bond acceptors (Lipinski definition) is 6. The van der Waals surface area contributed by atoms with Crippen LogP contribution in [0.2, 0.25) is 0 Å². The zero-order valence-corrected chi connectivity index (χ0v) is 17.7. The van der Waals surface area contributed by atoms with Crippen molar-refractivity contribution in [2.45, 2.75) is 39.8 Å². The Kier molecular flexibility index (Phi) is 6.27. The Balaban J connectivity index is 2.10. The highest BCUT2D eigenvalue weighted by Crippen LogP contribution is 2.39. The molecule has 0 atom stereocenters. The first-order chi connectivity index (χ1) is 13.9. The van der Waals surface area contributed by atoms with Crippen molar-refractivity contribution in [1.82, 2.24) is 4.68 Å². The van der Waals surface area contributed by atoms with Gasteiger partial charge in [0.15, 0.2) is 22.7 Å². The predicted molar refractivity (Wildman–Crippen MR) is 112 cm³/mol. The number of carbonyl (C=O) groups excluding carboxylic acids is 1. The summed E-state index contributed by atoms with van der Waals surface area (Å²) in [4.78, 5) is 24.4. The fraction of sp³-hybridized carbons (Fsp3) is 0.455. The van der Waals surface area contributed by atoms with E-state index >= 15 is 0 Å². The van der Waals surface area contributed by atoms with E-state index in [-0.39, 0.29) is 22.8 Å². The van der Waals surface area contributed by atoms with Crippen molar-refractivity contribution in [3.63, 3.8) is 0 Å². The second-order valence-corrected chi connectivity index (χ2v) is 7.38. The Bertz CT molecular complexity index is 964. The number of benzene rings is 1. The van der Waals surface area contributed by atoms with E-state index in [1.54, 1.807) is 20.4 Å². The maximum Gasteiger partial charge on any atom is 0.193 e. The summed E-state index contributed by atoms with van der Waals surface area (Å²) in [5.74, 6) is 1.04. The van der Waals surface area contributed by atoms with E-state index in [4.69, 9.17) is 14.2 Å². The van der Waals surface area contributed by atoms with Crippen LogP contribution in [0, 0.1) is 0 Å². The van der Waals surface area contributed by atoms with Crippen molar-refractivity contribution >= 4 is 5.78 Å². The highest BCUT2D eigenvalue weighted by Gasteiger charge is 2.26. The average molecular weight is 400 g/mol. The molecule has 0 saturated heterocycles. The van der Waals surface area contributed by atoms with E-state index in [0.29, 0.717) is 31.3 Å². The smallest absolute Gasteiger partial charge is 0.193 e. The lowest BCUT2D eigenvalue weighted by Crippen LogP contribution is -2.44. The van der Waals surface area contributed by atoms with Crippen molar-refractivity contribution in [1.29, 1.82) is 0 Å². The monoisotopic (exact) mass is 400 g/mol. The molecule has 0 radical (unpaired) electrons. The van der Waals surface area contributed by atoms with Crippen LogP contribution in [-0.4, -0.2) is 43.9 Å². The van der Waals surface area contributed by atoms with Crippen LogP contribution in [0.3, 0.4) is 0 Å². The Labute approximate surface area is 170 Å². The maximum absolute atomic E-state index is 12.5. The minimum atomic E-state index is -0.279. The highest BCUT2D eigenvalue weighted by molar-refractivity contribution is 5.94. The molecule has 0 amide bonds. The van der Waals surface area contributed by atoms with Crippen LogP contribution in [-0.2, 0) is 11.3 Å². The molecule has 0 bridgehead atoms. The molecule has 3 rings (SSSR count). The first-order valence-electron chi connectivity index (χ1n) is 9.75. The number of Topliss-reactive ketones (excluding diaryl/α,β-unsaturated/α-hetero) is 1. The lowest BCUT2D eigenvalue weighted by Gasteiger charge is -2.38. The largest absolute Gasteiger partial charge is 0.493 e. The molecule has 0 saturated carbocycles. The van der Waals surface area contributed by atoms with Gasteiger partial charge in [0.1, 0.15) is 0 Å². The lowest BCUT2D eigenvalue weighted by atomic mass is 9.99. The first kappa shape index (κ1) is 20.9. The summed E-state index contributed by atoms with van der Waals surface area (Å²) in [6, 6.07) is 5.57. The third-order valence-corrected chi connectivity index (χ3v) is 5.03. The van der Waals surface area contributed by atoms with Crippen molar-refractivity contribution in [2.24, 2.45) is 0 Å². The molecule has 1 aromatic heterocycles. The molecule has 2 heterocycles. The minimum absolute atomic E-state index is 0.164. The number of carbonyl (C=O) groups is 1. The van der Waals surface area contributed by atoms with Crippen molar-refractivity contribution in [3.8, 4) is 22.8 Å². The summed E-state index contributed by atoms with van der Waals surface area (Å²) in [6.45, 7) is 7.34. The van der Waals surface area contributed by atoms with Gasteiger partial charge in [0, 0.05) is 44.0 Å². The van der Waals surface area contributed by atoms with Gasteiger partial charge in [-0.1, -0.05) is 0 Å². The number of rotatable bonds is 8. The summed E-state index contributed by atoms with van der Waals surface area (Å²) in [7, 11) is 3.26. The Hall–Kier alpha value is -2.80. The van der Waals surface area contributed by atoms with Crippen LogP contribution in [0.15, 0.2) is 29.2 Å². The van der Waals surface area contributed by atoms with Crippen LogP contribution < -0.4 is 19.9 Å². The molecule has 0 fully saturated rings. The van der Waals surface area contributed by atoms with Crippen LogP contribution in [0.25, 0.3) is 11.3 Å². The molecule has 0 unspecified atom stereocenters. The van der Waals surface area contributed by atoms with E-state index < -0.39 is 0 Å². The van der Waals surface area contributed by atoms with Crippen molar-refractivity contribution in [3.05, 3.63) is 45.7 Å². The van der Waals surface area contributed by atoms with E-state index in [9.17, 15) is 9.59 Å². The zero-order chi connectivity index (χ0) is 21.1. The third kappa shape index (κ3) is 4.15. The molecule has 29 heavy (non-hydrogen) atoms. The van der Waals surface area contributed by atoms with E-state index in [1.165, 1.54) is 13.0 Å². The normalized spacial score (nSPS) is 12.6. The van der Waals surface area contributed by atoms with Crippen LogP contribution in [0.5, 0.6) is 11.5 Å². The highest BCUT2D eigenvalue weighted by atomic mass is 16.5. The second-order valence-electron chi connectivity index (χ2n) is 7.38. The van der Waals surface area contributed by atoms with Crippen LogP contribution in [0.1, 0.15) is 43.1 Å². The summed E-state index contributed by atoms with van der Waals surface area (Å²) < 4.78 is 18.4. The number of methoxy groups -OCH3 is 2. The maximum atomic E-state index is 12.5. The summed E-state index contributed by atoms with van der Waals surface area (Å²) in [6.07, 6.45) is 2.42. The molecule has 7 nitrogen and oxygen atoms in total. The molecule has 0 N–H and O–H groups in total. The fourth-order valence-corrected chi connectivity index (χ4v) is 3.51. The predicted octanol–water partition coefficient (Wildman–Crippen LogP) is 3.00. The molecule has 7 heteroatoms. The molecule has 156 valence electrons. The fourth-order valence-electron chi connectivity index (χ4n) is 3.51. The topological polar surface area (TPSA) is 70.0 Å². The van der Waals surface area contributed by atoms with E-state index in [0.717, 1.165) is 23.2 Å². The van der Waals surface area contributed by atoms with E-state index in [1.807, 2.05) is 16.8 Å². The van der Waals surface area contributed by atoms with Gasteiger partial charge in [-0.05, 0) is 38.5 Å². The van der Waals surface area contributed by atoms with Gasteiger partial charge in [0.25, 0.3) is 0 Å². The van der Waals surface area contributed by atoms with Gasteiger partial charge in [-0.25, -0.2) is 0 Å². The molecule has 0 aliphatic carbocycles. The molecule has 1 aromatic carbocycles. The molecule has 1 aliphatic heterocycles. The minimum Gasteiger partial charge on any atom is -0.493 e. The van der Waals surface area contributed by atoms with Crippen LogP contribution >= 0.6 is 0 Å². The molecule has 0 spiro atoms. The van der Waals surface area contributed by atoms with Crippen molar-refractivity contribution < 1.29 is 19.0 Å². The summed E-state index contributed by atoms with van der Waals surface area (Å²) >= 11 is 0. The van der Waals surface area contributed by atoms with Crippen molar-refractivity contribution in [2.75, 3.05) is 32.4 Å². The second kappa shape index (κ2) is 8.69. The molecular weight excluding hydrogens is 372 g/mol. The molecular formula is C22H28N2O5. The summed E-state index contributed by atoms with van der Waals surface area (Å²) in [5, 5.41) is 2.12. The molecule has 1 aliphatic rings. The quantitative estimate of drug-likeness (QED) is 0.501. The van der Waals surface area contributed by atoms with Gasteiger partial charge in [-0.2, -0.15) is 0 Å². The van der Waals surface area contributed by atoms with Gasteiger partial charge < -0.3 is 19.2 Å². The van der Waals surface area contributed by atoms with Gasteiger partial charge >= 0.3 is 0 Å². The summed E-state index contributed by atoms with van der Waals surface area (Å²) in [5.41, 5.74) is 2.58. The van der Waals surface area contributed by atoms with Gasteiger partial charge in [0.05, 0.1) is 31.5 Å². The lowest BCUT2D eigenvalue weighted by molar-refractivity contribution is 0.101. The average Bonchev–Trinajstić information content (AvgIpc) is 2.69. The van der Waals surface area contributed by atoms with Gasteiger partial charge in [0.2, 0.25) is 0 Å². The first-order valence-corrected chi connectivity index (χ1v) is 9.75. The number of ketones is 1. The number of pyridine rings is 1. The Morgan fingerprint density at radius 1 is 1.14 bits per heavy atom. The SMILES string of the molecule is COCCCOc1cc2c(cc1OC)-c1cc(=O)c(C(C)=O)cn1N(C(C)C)C2. The standard InChI is InChI=1S/C22H28N2O5/c1-14(2)23-12-16-9-22(29-8-6-7-27-4)21(28-5)10-17(16)19-11-20(26)18(15(3)25)13-24(19)23/h9-11,13-14H,6-8,12H2,1-5H3. The Morgan fingerprint density at radius 2 is 1.90 bits per heavy atom. The number of hydrogen-bond donors (Lipinski definition) is 0. The number of ether oxygens (including phenoxy) is 3. The Morgan fingerprint density at radius 3 is 2.52 bits per heavy atom. The number of aromatic nitrogens is 1. The molecule has 2 aromatic rings. The zero-order valence-electron chi connectivity index (χ0n) is 17.7. The number of fused-ring (bicyclic) bond motifs is 3. The van der Waals surface area contributed by atoms with Crippen LogP contribution in [0.4, 0.5) is 0 Å². The van der Waals surface area contributed by atoms with Gasteiger partial charge in [-0.15, -0.1) is 0 Å².